The number of aliphatic hydroxyl groups excluding tert-OH is 1. The number of rotatable bonds is 5. The summed E-state index contributed by atoms with van der Waals surface area (Å²) in [6.07, 6.45) is 8.76. The van der Waals surface area contributed by atoms with Crippen LogP contribution >= 0.6 is 0 Å². The number of piperidine rings is 1. The molecule has 1 aromatic rings. The van der Waals surface area contributed by atoms with E-state index in [4.69, 9.17) is 9.94 Å². The second-order valence-corrected chi connectivity index (χ2v) is 7.75. The predicted octanol–water partition coefficient (Wildman–Crippen LogP) is 2.54. The van der Waals surface area contributed by atoms with Gasteiger partial charge in [-0.15, -0.1) is 0 Å². The summed E-state index contributed by atoms with van der Waals surface area (Å²) in [5.74, 6) is -0.0785. The standard InChI is InChI=1S/C21H29N3O3/c25-14-15-27-22-20-18-8-4-5-9-19(18)24(21(20)26)17-10-12-23(13-11-17)16-6-2-1-3-7-16/h4-5,8-9,16-17,25H,1-3,6-7,10-15H2/b22-20-. The van der Waals surface area contributed by atoms with E-state index in [1.165, 1.54) is 32.1 Å². The molecule has 4 rings (SSSR count). The van der Waals surface area contributed by atoms with Gasteiger partial charge in [-0.05, 0) is 31.7 Å². The number of carbonyl (C=O) groups excluding carboxylic acids is 1. The summed E-state index contributed by atoms with van der Waals surface area (Å²) < 4.78 is 0. The second kappa shape index (κ2) is 8.40. The van der Waals surface area contributed by atoms with Crippen LogP contribution < -0.4 is 4.90 Å². The van der Waals surface area contributed by atoms with E-state index in [-0.39, 0.29) is 25.2 Å². The molecule has 146 valence electrons. The number of hydrogen-bond donors (Lipinski definition) is 1. The smallest absolute Gasteiger partial charge is 0.281 e. The highest BCUT2D eigenvalue weighted by molar-refractivity contribution is 6.54. The van der Waals surface area contributed by atoms with Crippen molar-refractivity contribution < 1.29 is 14.7 Å². The molecule has 2 fully saturated rings. The van der Waals surface area contributed by atoms with Crippen molar-refractivity contribution in [2.45, 2.75) is 57.0 Å². The molecule has 2 heterocycles. The van der Waals surface area contributed by atoms with Gasteiger partial charge in [-0.25, -0.2) is 0 Å². The minimum Gasteiger partial charge on any atom is -0.393 e. The molecule has 1 aliphatic carbocycles. The lowest BCUT2D eigenvalue weighted by Crippen LogP contribution is -2.50. The summed E-state index contributed by atoms with van der Waals surface area (Å²) in [4.78, 5) is 22.8. The van der Waals surface area contributed by atoms with Crippen LogP contribution in [0.1, 0.15) is 50.5 Å². The van der Waals surface area contributed by atoms with Gasteiger partial charge in [0.25, 0.3) is 5.91 Å². The van der Waals surface area contributed by atoms with E-state index in [1.54, 1.807) is 0 Å². The monoisotopic (exact) mass is 371 g/mol. The summed E-state index contributed by atoms with van der Waals surface area (Å²) in [5.41, 5.74) is 2.12. The molecule has 6 nitrogen and oxygen atoms in total. The number of para-hydroxylation sites is 1. The van der Waals surface area contributed by atoms with E-state index in [9.17, 15) is 4.79 Å². The van der Waals surface area contributed by atoms with Crippen LogP contribution in [0.25, 0.3) is 0 Å². The number of anilines is 1. The highest BCUT2D eigenvalue weighted by Crippen LogP contribution is 2.35. The third-order valence-electron chi connectivity index (χ3n) is 6.13. The highest BCUT2D eigenvalue weighted by Gasteiger charge is 2.40. The lowest BCUT2D eigenvalue weighted by Gasteiger charge is -2.41. The number of benzene rings is 1. The maximum atomic E-state index is 13.1. The summed E-state index contributed by atoms with van der Waals surface area (Å²) >= 11 is 0. The van der Waals surface area contributed by atoms with Crippen molar-refractivity contribution >= 4 is 17.3 Å². The molecule has 0 bridgehead atoms. The van der Waals surface area contributed by atoms with Gasteiger partial charge >= 0.3 is 0 Å². The average Bonchev–Trinajstić information content (AvgIpc) is 3.01. The molecular weight excluding hydrogens is 342 g/mol. The SMILES string of the molecule is O=C1/C(=N\OCCO)c2ccccc2N1C1CCN(C2CCCCC2)CC1. The van der Waals surface area contributed by atoms with Gasteiger partial charge in [0.15, 0.2) is 5.71 Å². The Bertz CT molecular complexity index is 692. The van der Waals surface area contributed by atoms with Gasteiger partial charge in [-0.1, -0.05) is 42.6 Å². The zero-order valence-electron chi connectivity index (χ0n) is 15.8. The maximum Gasteiger partial charge on any atom is 0.281 e. The quantitative estimate of drug-likeness (QED) is 0.638. The Kier molecular flexibility index (Phi) is 5.74. The topological polar surface area (TPSA) is 65.4 Å². The van der Waals surface area contributed by atoms with Gasteiger partial charge in [-0.3, -0.25) is 4.79 Å². The van der Waals surface area contributed by atoms with Gasteiger partial charge in [-0.2, -0.15) is 0 Å². The number of hydrogen-bond acceptors (Lipinski definition) is 5. The molecule has 1 saturated heterocycles. The number of oxime groups is 1. The first-order valence-corrected chi connectivity index (χ1v) is 10.3. The molecule has 3 aliphatic rings. The first-order valence-electron chi connectivity index (χ1n) is 10.3. The van der Waals surface area contributed by atoms with Gasteiger partial charge in [0.1, 0.15) is 6.61 Å². The summed E-state index contributed by atoms with van der Waals surface area (Å²) in [7, 11) is 0. The summed E-state index contributed by atoms with van der Waals surface area (Å²) in [6, 6.07) is 8.76. The van der Waals surface area contributed by atoms with Crippen molar-refractivity contribution in [3.8, 4) is 0 Å². The van der Waals surface area contributed by atoms with E-state index in [0.29, 0.717) is 5.71 Å². The Morgan fingerprint density at radius 3 is 2.52 bits per heavy atom. The minimum atomic E-state index is -0.115. The Hall–Kier alpha value is -1.92. The van der Waals surface area contributed by atoms with Crippen molar-refractivity contribution in [3.05, 3.63) is 29.8 Å². The van der Waals surface area contributed by atoms with Crippen LogP contribution in [0.4, 0.5) is 5.69 Å². The fourth-order valence-electron chi connectivity index (χ4n) is 4.78. The average molecular weight is 371 g/mol. The molecule has 0 spiro atoms. The van der Waals surface area contributed by atoms with E-state index in [2.05, 4.69) is 10.1 Å². The van der Waals surface area contributed by atoms with Crippen molar-refractivity contribution in [2.75, 3.05) is 31.2 Å². The predicted molar refractivity (Wildman–Crippen MR) is 105 cm³/mol. The fourth-order valence-corrected chi connectivity index (χ4v) is 4.78. The number of nitrogens with zero attached hydrogens (tertiary/aromatic N) is 3. The molecule has 1 N–H and O–H groups in total. The molecule has 27 heavy (non-hydrogen) atoms. The van der Waals surface area contributed by atoms with Gasteiger partial charge < -0.3 is 19.7 Å². The van der Waals surface area contributed by atoms with E-state index in [0.717, 1.165) is 43.2 Å². The van der Waals surface area contributed by atoms with Crippen LogP contribution in [0.3, 0.4) is 0 Å². The maximum absolute atomic E-state index is 13.1. The van der Waals surface area contributed by atoms with E-state index >= 15 is 0 Å². The number of aliphatic hydroxyl groups is 1. The highest BCUT2D eigenvalue weighted by atomic mass is 16.6. The molecule has 1 aromatic carbocycles. The Labute approximate surface area is 160 Å². The molecule has 1 amide bonds. The molecule has 0 unspecified atom stereocenters. The van der Waals surface area contributed by atoms with Gasteiger partial charge in [0.05, 0.1) is 12.3 Å². The fraction of sp³-hybridized carbons (Fsp3) is 0.619. The van der Waals surface area contributed by atoms with Crippen molar-refractivity contribution in [3.63, 3.8) is 0 Å². The van der Waals surface area contributed by atoms with Crippen LogP contribution in [0.15, 0.2) is 29.4 Å². The molecule has 1 saturated carbocycles. The van der Waals surface area contributed by atoms with E-state index in [1.807, 2.05) is 29.2 Å². The summed E-state index contributed by atoms with van der Waals surface area (Å²) in [6.45, 7) is 2.11. The molecule has 2 aliphatic heterocycles. The molecule has 0 radical (unpaired) electrons. The van der Waals surface area contributed by atoms with Gasteiger partial charge in [0, 0.05) is 30.7 Å². The van der Waals surface area contributed by atoms with Crippen LogP contribution in [0.5, 0.6) is 0 Å². The molecule has 0 aromatic heterocycles. The normalized spacial score (nSPS) is 23.8. The van der Waals surface area contributed by atoms with Crippen LogP contribution in [-0.4, -0.2) is 60.0 Å². The van der Waals surface area contributed by atoms with Crippen molar-refractivity contribution in [1.82, 2.24) is 4.90 Å². The lowest BCUT2D eigenvalue weighted by atomic mass is 9.92. The molecular formula is C21H29N3O3. The number of carbonyl (C=O) groups is 1. The molecule has 0 atom stereocenters. The second-order valence-electron chi connectivity index (χ2n) is 7.75. The van der Waals surface area contributed by atoms with Crippen LogP contribution in [-0.2, 0) is 9.63 Å². The minimum absolute atomic E-state index is 0.0785. The van der Waals surface area contributed by atoms with Crippen LogP contribution in [0, 0.1) is 0 Å². The largest absolute Gasteiger partial charge is 0.393 e. The van der Waals surface area contributed by atoms with E-state index < -0.39 is 0 Å². The zero-order chi connectivity index (χ0) is 18.6. The Morgan fingerprint density at radius 1 is 1.04 bits per heavy atom. The molecule has 6 heteroatoms. The van der Waals surface area contributed by atoms with Crippen molar-refractivity contribution in [1.29, 1.82) is 0 Å². The number of likely N-dealkylation sites (tertiary alicyclic amines) is 1. The summed E-state index contributed by atoms with van der Waals surface area (Å²) in [5, 5.41) is 12.9. The lowest BCUT2D eigenvalue weighted by molar-refractivity contribution is -0.113. The van der Waals surface area contributed by atoms with Gasteiger partial charge in [0.2, 0.25) is 0 Å². The third-order valence-corrected chi connectivity index (χ3v) is 6.13. The zero-order valence-corrected chi connectivity index (χ0v) is 15.8. The first kappa shape index (κ1) is 18.4. The number of amides is 1. The first-order chi connectivity index (χ1) is 13.3. The Morgan fingerprint density at radius 2 is 1.78 bits per heavy atom. The Balaban J connectivity index is 1.47. The number of fused-ring (bicyclic) bond motifs is 1. The third kappa shape index (κ3) is 3.73. The van der Waals surface area contributed by atoms with Crippen LogP contribution in [0.2, 0.25) is 0 Å². The van der Waals surface area contributed by atoms with Crippen molar-refractivity contribution in [2.24, 2.45) is 5.16 Å².